The van der Waals surface area contributed by atoms with Crippen LogP contribution in [0.3, 0.4) is 0 Å². The lowest BCUT2D eigenvalue weighted by Gasteiger charge is -2.15. The van der Waals surface area contributed by atoms with Crippen LogP contribution in [-0.2, 0) is 11.8 Å². The van der Waals surface area contributed by atoms with Crippen LogP contribution in [0.1, 0.15) is 42.4 Å². The molecule has 19 heavy (non-hydrogen) atoms. The summed E-state index contributed by atoms with van der Waals surface area (Å²) in [6.07, 6.45) is 0.524. The van der Waals surface area contributed by atoms with E-state index >= 15 is 0 Å². The number of aromatic nitrogens is 2. The van der Waals surface area contributed by atoms with Crippen LogP contribution in [0.25, 0.3) is 0 Å². The quantitative estimate of drug-likeness (QED) is 0.887. The first-order chi connectivity index (χ1) is 8.90. The van der Waals surface area contributed by atoms with Gasteiger partial charge in [0.05, 0.1) is 11.6 Å². The second kappa shape index (κ2) is 5.03. The van der Waals surface area contributed by atoms with E-state index in [1.54, 1.807) is 22.7 Å². The smallest absolute Gasteiger partial charge is 0.308 e. The third-order valence-electron chi connectivity index (χ3n) is 3.53. The predicted molar refractivity (Wildman–Crippen MR) is 68.9 cm³/mol. The molecule has 0 radical (unpaired) electrons. The van der Waals surface area contributed by atoms with Gasteiger partial charge < -0.3 is 10.0 Å². The largest absolute Gasteiger partial charge is 0.481 e. The van der Waals surface area contributed by atoms with Crippen LogP contribution in [-0.4, -0.2) is 44.8 Å². The van der Waals surface area contributed by atoms with Gasteiger partial charge >= 0.3 is 5.97 Å². The Morgan fingerprint density at radius 2 is 2.16 bits per heavy atom. The molecule has 1 fully saturated rings. The summed E-state index contributed by atoms with van der Waals surface area (Å²) in [5.41, 5.74) is 1.40. The Kier molecular flexibility index (Phi) is 3.59. The molecule has 0 aromatic carbocycles. The molecule has 1 atom stereocenters. The molecule has 1 saturated heterocycles. The molecule has 0 bridgehead atoms. The van der Waals surface area contributed by atoms with Crippen LogP contribution in [0.5, 0.6) is 0 Å². The van der Waals surface area contributed by atoms with Gasteiger partial charge in [-0.15, -0.1) is 0 Å². The minimum absolute atomic E-state index is 0.134. The highest BCUT2D eigenvalue weighted by Crippen LogP contribution is 2.20. The molecular formula is C13H19N3O3. The maximum atomic E-state index is 12.3. The molecule has 104 valence electrons. The van der Waals surface area contributed by atoms with Gasteiger partial charge in [0.25, 0.3) is 5.91 Å². The zero-order valence-corrected chi connectivity index (χ0v) is 11.5. The van der Waals surface area contributed by atoms with Crippen molar-refractivity contribution in [3.05, 3.63) is 17.5 Å². The van der Waals surface area contributed by atoms with E-state index in [4.69, 9.17) is 5.11 Å². The minimum atomic E-state index is -0.830. The number of carbonyl (C=O) groups is 2. The summed E-state index contributed by atoms with van der Waals surface area (Å²) in [5, 5.41) is 13.3. The van der Waals surface area contributed by atoms with Gasteiger partial charge in [-0.05, 0) is 18.4 Å². The number of carboxylic acids is 1. The van der Waals surface area contributed by atoms with Gasteiger partial charge in [-0.25, -0.2) is 0 Å². The highest BCUT2D eigenvalue weighted by Gasteiger charge is 2.32. The van der Waals surface area contributed by atoms with Gasteiger partial charge in [0, 0.05) is 20.1 Å². The van der Waals surface area contributed by atoms with Gasteiger partial charge in [-0.1, -0.05) is 13.8 Å². The number of hydrogen-bond donors (Lipinski definition) is 1. The molecule has 1 aromatic heterocycles. The topological polar surface area (TPSA) is 75.4 Å². The molecule has 1 aromatic rings. The number of carboxylic acid groups (broad SMARTS) is 1. The number of likely N-dealkylation sites (tertiary alicyclic amines) is 1. The van der Waals surface area contributed by atoms with Crippen molar-refractivity contribution in [2.75, 3.05) is 13.1 Å². The molecule has 1 N–H and O–H groups in total. The summed E-state index contributed by atoms with van der Waals surface area (Å²) in [6, 6.07) is 1.79. The Balaban J connectivity index is 2.14. The van der Waals surface area contributed by atoms with Crippen LogP contribution in [0.15, 0.2) is 6.07 Å². The number of aryl methyl sites for hydroxylation is 1. The number of carbonyl (C=O) groups excluding carboxylic acids is 1. The average molecular weight is 265 g/mol. The summed E-state index contributed by atoms with van der Waals surface area (Å²) < 4.78 is 1.58. The second-order valence-electron chi connectivity index (χ2n) is 5.31. The molecule has 0 aliphatic carbocycles. The Labute approximate surface area is 112 Å². The lowest BCUT2D eigenvalue weighted by Crippen LogP contribution is -2.31. The fraction of sp³-hybridized carbons (Fsp3) is 0.615. The van der Waals surface area contributed by atoms with E-state index < -0.39 is 11.9 Å². The van der Waals surface area contributed by atoms with Gasteiger partial charge in [0.2, 0.25) is 0 Å². The van der Waals surface area contributed by atoms with Crippen LogP contribution in [0.2, 0.25) is 0 Å². The number of rotatable bonds is 3. The van der Waals surface area contributed by atoms with E-state index in [1.165, 1.54) is 0 Å². The Hall–Kier alpha value is -1.85. The highest BCUT2D eigenvalue weighted by molar-refractivity contribution is 5.93. The lowest BCUT2D eigenvalue weighted by molar-refractivity contribution is -0.141. The molecular weight excluding hydrogens is 246 g/mol. The fourth-order valence-electron chi connectivity index (χ4n) is 2.28. The van der Waals surface area contributed by atoms with E-state index in [1.807, 2.05) is 13.8 Å². The van der Waals surface area contributed by atoms with Gasteiger partial charge in [0.15, 0.2) is 0 Å². The van der Waals surface area contributed by atoms with E-state index in [-0.39, 0.29) is 18.4 Å². The molecule has 2 rings (SSSR count). The minimum Gasteiger partial charge on any atom is -0.481 e. The summed E-state index contributed by atoms with van der Waals surface area (Å²) in [7, 11) is 1.74. The Morgan fingerprint density at radius 3 is 2.63 bits per heavy atom. The van der Waals surface area contributed by atoms with E-state index in [9.17, 15) is 9.59 Å². The SMILES string of the molecule is CC(C)c1cc(C(=O)N2CCC(C(=O)O)C2)n(C)n1. The summed E-state index contributed by atoms with van der Waals surface area (Å²) in [4.78, 5) is 24.9. The maximum Gasteiger partial charge on any atom is 0.308 e. The van der Waals surface area contributed by atoms with Crippen molar-refractivity contribution in [2.45, 2.75) is 26.2 Å². The van der Waals surface area contributed by atoms with Gasteiger partial charge in [0.1, 0.15) is 5.69 Å². The van der Waals surface area contributed by atoms with Crippen LogP contribution in [0, 0.1) is 5.92 Å². The first kappa shape index (κ1) is 13.6. The standard InChI is InChI=1S/C13H19N3O3/c1-8(2)10-6-11(15(3)14-10)12(17)16-5-4-9(7-16)13(18)19/h6,8-9H,4-5,7H2,1-3H3,(H,18,19). The maximum absolute atomic E-state index is 12.3. The summed E-state index contributed by atoms with van der Waals surface area (Å²) in [6.45, 7) is 4.83. The molecule has 0 saturated carbocycles. The lowest BCUT2D eigenvalue weighted by atomic mass is 10.1. The zero-order valence-electron chi connectivity index (χ0n) is 11.5. The van der Waals surface area contributed by atoms with Gasteiger partial charge in [-0.3, -0.25) is 14.3 Å². The molecule has 1 unspecified atom stereocenters. The average Bonchev–Trinajstić information content (AvgIpc) is 2.94. The second-order valence-corrected chi connectivity index (χ2v) is 5.31. The van der Waals surface area contributed by atoms with Crippen molar-refractivity contribution in [1.29, 1.82) is 0 Å². The number of nitrogens with zero attached hydrogens (tertiary/aromatic N) is 3. The Morgan fingerprint density at radius 1 is 1.47 bits per heavy atom. The van der Waals surface area contributed by atoms with E-state index in [2.05, 4.69) is 5.10 Å². The van der Waals surface area contributed by atoms with Crippen LogP contribution < -0.4 is 0 Å². The summed E-state index contributed by atoms with van der Waals surface area (Å²) >= 11 is 0. The van der Waals surface area contributed by atoms with E-state index in [0.29, 0.717) is 18.7 Å². The van der Waals surface area contributed by atoms with Crippen molar-refractivity contribution in [1.82, 2.24) is 14.7 Å². The third-order valence-corrected chi connectivity index (χ3v) is 3.53. The number of amides is 1. The van der Waals surface area contributed by atoms with Crippen molar-refractivity contribution >= 4 is 11.9 Å². The van der Waals surface area contributed by atoms with E-state index in [0.717, 1.165) is 5.69 Å². The highest BCUT2D eigenvalue weighted by atomic mass is 16.4. The first-order valence-corrected chi connectivity index (χ1v) is 6.46. The van der Waals surface area contributed by atoms with Crippen molar-refractivity contribution in [3.8, 4) is 0 Å². The predicted octanol–water partition coefficient (Wildman–Crippen LogP) is 1.09. The number of aliphatic carboxylic acids is 1. The molecule has 2 heterocycles. The Bertz CT molecular complexity index is 507. The van der Waals surface area contributed by atoms with Crippen molar-refractivity contribution in [2.24, 2.45) is 13.0 Å². The zero-order chi connectivity index (χ0) is 14.2. The van der Waals surface area contributed by atoms with Crippen molar-refractivity contribution in [3.63, 3.8) is 0 Å². The molecule has 6 nitrogen and oxygen atoms in total. The van der Waals surface area contributed by atoms with Gasteiger partial charge in [-0.2, -0.15) is 5.10 Å². The molecule has 1 aliphatic rings. The molecule has 6 heteroatoms. The molecule has 1 amide bonds. The van der Waals surface area contributed by atoms with Crippen molar-refractivity contribution < 1.29 is 14.7 Å². The molecule has 1 aliphatic heterocycles. The number of hydrogen-bond acceptors (Lipinski definition) is 3. The fourth-order valence-corrected chi connectivity index (χ4v) is 2.28. The first-order valence-electron chi connectivity index (χ1n) is 6.46. The third kappa shape index (κ3) is 2.62. The van der Waals surface area contributed by atoms with Crippen LogP contribution >= 0.6 is 0 Å². The van der Waals surface area contributed by atoms with Crippen LogP contribution in [0.4, 0.5) is 0 Å². The normalized spacial score (nSPS) is 19.2. The molecule has 0 spiro atoms. The monoisotopic (exact) mass is 265 g/mol. The summed E-state index contributed by atoms with van der Waals surface area (Å²) in [5.74, 6) is -1.14.